The van der Waals surface area contributed by atoms with Crippen molar-refractivity contribution in [1.29, 1.82) is 5.26 Å². The second kappa shape index (κ2) is 5.93. The maximum absolute atomic E-state index is 12.8. The first-order chi connectivity index (χ1) is 9.65. The summed E-state index contributed by atoms with van der Waals surface area (Å²) in [5.41, 5.74) is -4.09. The van der Waals surface area contributed by atoms with Crippen LogP contribution in [0.15, 0.2) is 24.3 Å². The summed E-state index contributed by atoms with van der Waals surface area (Å²) < 4.78 is 42.3. The van der Waals surface area contributed by atoms with Gasteiger partial charge in [-0.2, -0.15) is 18.4 Å². The predicted octanol–water partition coefficient (Wildman–Crippen LogP) is 1.60. The van der Waals surface area contributed by atoms with Gasteiger partial charge in [-0.1, -0.05) is 12.1 Å². The summed E-state index contributed by atoms with van der Waals surface area (Å²) in [6, 6.07) is 6.62. The van der Waals surface area contributed by atoms with Gasteiger partial charge in [-0.15, -0.1) is 0 Å². The number of methoxy groups -OCH3 is 1. The fourth-order valence-electron chi connectivity index (χ4n) is 1.55. The number of benzene rings is 1. The van der Waals surface area contributed by atoms with Crippen molar-refractivity contribution in [2.24, 2.45) is 0 Å². The molecule has 1 rings (SSSR count). The minimum absolute atomic E-state index is 0.0643. The topological polar surface area (TPSA) is 87.4 Å². The van der Waals surface area contributed by atoms with Crippen molar-refractivity contribution in [2.75, 3.05) is 7.11 Å². The third-order valence-corrected chi connectivity index (χ3v) is 2.72. The maximum atomic E-state index is 12.8. The van der Waals surface area contributed by atoms with Crippen molar-refractivity contribution in [3.63, 3.8) is 0 Å². The molecule has 5 nitrogen and oxygen atoms in total. The molecular weight excluding hydrogens is 291 g/mol. The molecule has 0 aliphatic rings. The monoisotopic (exact) mass is 301 g/mol. The standard InChI is InChI=1S/C13H10F3NO4/c1-21-11(19)12(20,13(14,15)16)6-10(18)9-4-2-3-8(5-9)7-17/h2-5,20H,6H2,1H3. The average Bonchev–Trinajstić information content (AvgIpc) is 2.44. The molecule has 0 saturated heterocycles. The van der Waals surface area contributed by atoms with Gasteiger partial charge in [0, 0.05) is 5.56 Å². The summed E-state index contributed by atoms with van der Waals surface area (Å²) >= 11 is 0. The number of esters is 1. The van der Waals surface area contributed by atoms with E-state index in [1.807, 2.05) is 0 Å². The van der Waals surface area contributed by atoms with Gasteiger partial charge in [-0.25, -0.2) is 4.79 Å². The molecule has 0 saturated carbocycles. The predicted molar refractivity (Wildman–Crippen MR) is 63.1 cm³/mol. The average molecular weight is 301 g/mol. The molecule has 21 heavy (non-hydrogen) atoms. The Labute approximate surface area is 117 Å². The number of carbonyl (C=O) groups excluding carboxylic acids is 2. The molecule has 1 N–H and O–H groups in total. The molecule has 0 fully saturated rings. The van der Waals surface area contributed by atoms with Crippen LogP contribution < -0.4 is 0 Å². The summed E-state index contributed by atoms with van der Waals surface area (Å²) in [5.74, 6) is -3.11. The van der Waals surface area contributed by atoms with E-state index >= 15 is 0 Å². The zero-order valence-corrected chi connectivity index (χ0v) is 10.8. The van der Waals surface area contributed by atoms with E-state index in [4.69, 9.17) is 5.26 Å². The highest BCUT2D eigenvalue weighted by atomic mass is 19.4. The molecule has 0 aliphatic heterocycles. The number of nitrogens with zero attached hydrogens (tertiary/aromatic N) is 1. The number of alkyl halides is 3. The summed E-state index contributed by atoms with van der Waals surface area (Å²) in [5, 5.41) is 18.2. The largest absolute Gasteiger partial charge is 0.467 e. The van der Waals surface area contributed by atoms with E-state index in [1.165, 1.54) is 18.2 Å². The molecule has 0 spiro atoms. The number of nitriles is 1. The number of ketones is 1. The van der Waals surface area contributed by atoms with E-state index in [0.29, 0.717) is 7.11 Å². The van der Waals surface area contributed by atoms with E-state index in [1.54, 1.807) is 6.07 Å². The van der Waals surface area contributed by atoms with Gasteiger partial charge in [0.05, 0.1) is 25.2 Å². The van der Waals surface area contributed by atoms with Gasteiger partial charge in [0.1, 0.15) is 0 Å². The SMILES string of the molecule is COC(=O)C(O)(CC(=O)c1cccc(C#N)c1)C(F)(F)F. The molecule has 0 bridgehead atoms. The van der Waals surface area contributed by atoms with Gasteiger partial charge < -0.3 is 9.84 Å². The highest BCUT2D eigenvalue weighted by Gasteiger charge is 2.61. The number of ether oxygens (including phenoxy) is 1. The Bertz CT molecular complexity index is 606. The Balaban J connectivity index is 3.13. The van der Waals surface area contributed by atoms with Crippen molar-refractivity contribution < 1.29 is 32.6 Å². The van der Waals surface area contributed by atoms with Gasteiger partial charge in [-0.05, 0) is 12.1 Å². The molecule has 0 amide bonds. The van der Waals surface area contributed by atoms with Gasteiger partial charge in [0.15, 0.2) is 5.78 Å². The molecule has 1 atom stereocenters. The molecule has 8 heteroatoms. The van der Waals surface area contributed by atoms with Crippen LogP contribution in [0, 0.1) is 11.3 Å². The first-order valence-corrected chi connectivity index (χ1v) is 5.56. The van der Waals surface area contributed by atoms with E-state index in [2.05, 4.69) is 4.74 Å². The number of carbonyl (C=O) groups is 2. The minimum Gasteiger partial charge on any atom is -0.467 e. The molecule has 0 aliphatic carbocycles. The number of hydrogen-bond donors (Lipinski definition) is 1. The van der Waals surface area contributed by atoms with E-state index < -0.39 is 30.0 Å². The lowest BCUT2D eigenvalue weighted by Crippen LogP contribution is -2.54. The Morgan fingerprint density at radius 2 is 2.00 bits per heavy atom. The second-order valence-electron chi connectivity index (χ2n) is 4.14. The summed E-state index contributed by atoms with van der Waals surface area (Å²) in [6.07, 6.45) is -6.90. The van der Waals surface area contributed by atoms with Crippen LogP contribution in [0.5, 0.6) is 0 Å². The van der Waals surface area contributed by atoms with Crippen LogP contribution in [-0.4, -0.2) is 35.7 Å². The molecule has 1 aromatic carbocycles. The fourth-order valence-corrected chi connectivity index (χ4v) is 1.55. The lowest BCUT2D eigenvalue weighted by molar-refractivity contribution is -0.260. The van der Waals surface area contributed by atoms with Crippen molar-refractivity contribution >= 4 is 11.8 Å². The first kappa shape index (κ1) is 16.7. The van der Waals surface area contributed by atoms with Crippen molar-refractivity contribution in [1.82, 2.24) is 0 Å². The second-order valence-corrected chi connectivity index (χ2v) is 4.14. The Kier molecular flexibility index (Phi) is 4.70. The molecule has 0 aromatic heterocycles. The highest BCUT2D eigenvalue weighted by Crippen LogP contribution is 2.35. The number of Topliss-reactive ketones (excluding diaryl/α,β-unsaturated/α-hetero) is 1. The number of halogens is 3. The zero-order chi connectivity index (χ0) is 16.3. The number of hydrogen-bond acceptors (Lipinski definition) is 5. The Morgan fingerprint density at radius 3 is 2.48 bits per heavy atom. The van der Waals surface area contributed by atoms with Crippen molar-refractivity contribution in [3.8, 4) is 6.07 Å². The molecular formula is C13H10F3NO4. The van der Waals surface area contributed by atoms with Gasteiger partial charge in [0.2, 0.25) is 0 Å². The van der Waals surface area contributed by atoms with Crippen LogP contribution in [0.2, 0.25) is 0 Å². The third kappa shape index (κ3) is 3.38. The highest BCUT2D eigenvalue weighted by molar-refractivity contribution is 6.00. The van der Waals surface area contributed by atoms with Crippen molar-refractivity contribution in [3.05, 3.63) is 35.4 Å². The molecule has 0 heterocycles. The lowest BCUT2D eigenvalue weighted by Gasteiger charge is -2.26. The molecule has 112 valence electrons. The lowest BCUT2D eigenvalue weighted by atomic mass is 9.92. The van der Waals surface area contributed by atoms with E-state index in [9.17, 15) is 27.9 Å². The molecule has 1 aromatic rings. The summed E-state index contributed by atoms with van der Waals surface area (Å²) in [4.78, 5) is 23.0. The normalized spacial score (nSPS) is 13.9. The van der Waals surface area contributed by atoms with Crippen LogP contribution in [-0.2, 0) is 9.53 Å². The smallest absolute Gasteiger partial charge is 0.428 e. The molecule has 1 unspecified atom stereocenters. The summed E-state index contributed by atoms with van der Waals surface area (Å²) in [7, 11) is 0.666. The summed E-state index contributed by atoms with van der Waals surface area (Å²) in [6.45, 7) is 0. The van der Waals surface area contributed by atoms with Crippen LogP contribution in [0.4, 0.5) is 13.2 Å². The van der Waals surface area contributed by atoms with Crippen LogP contribution in [0.3, 0.4) is 0 Å². The van der Waals surface area contributed by atoms with Gasteiger partial charge in [0.25, 0.3) is 5.60 Å². The fraction of sp³-hybridized carbons (Fsp3) is 0.308. The zero-order valence-electron chi connectivity index (χ0n) is 10.8. The van der Waals surface area contributed by atoms with Crippen LogP contribution in [0.1, 0.15) is 22.3 Å². The third-order valence-electron chi connectivity index (χ3n) is 2.72. The Morgan fingerprint density at radius 1 is 1.38 bits per heavy atom. The van der Waals surface area contributed by atoms with Crippen LogP contribution >= 0.6 is 0 Å². The first-order valence-electron chi connectivity index (χ1n) is 5.56. The number of aliphatic hydroxyl groups is 1. The van der Waals surface area contributed by atoms with E-state index in [-0.39, 0.29) is 11.1 Å². The quantitative estimate of drug-likeness (QED) is 0.674. The molecule has 0 radical (unpaired) electrons. The number of rotatable bonds is 4. The van der Waals surface area contributed by atoms with Gasteiger partial charge >= 0.3 is 12.1 Å². The van der Waals surface area contributed by atoms with Crippen LogP contribution in [0.25, 0.3) is 0 Å². The van der Waals surface area contributed by atoms with E-state index in [0.717, 1.165) is 6.07 Å². The maximum Gasteiger partial charge on any atom is 0.428 e. The minimum atomic E-state index is -5.37. The van der Waals surface area contributed by atoms with Gasteiger partial charge in [-0.3, -0.25) is 4.79 Å². The Hall–Kier alpha value is -2.40. The van der Waals surface area contributed by atoms with Crippen molar-refractivity contribution in [2.45, 2.75) is 18.2 Å².